The van der Waals surface area contributed by atoms with Gasteiger partial charge < -0.3 is 24.8 Å². The highest BCUT2D eigenvalue weighted by Gasteiger charge is 2.44. The van der Waals surface area contributed by atoms with Crippen LogP contribution in [0.2, 0.25) is 0 Å². The van der Waals surface area contributed by atoms with Gasteiger partial charge in [0.2, 0.25) is 0 Å². The zero-order valence-electron chi connectivity index (χ0n) is 19.9. The van der Waals surface area contributed by atoms with Crippen molar-refractivity contribution in [2.24, 2.45) is 23.7 Å². The second-order valence-corrected chi connectivity index (χ2v) is 9.96. The van der Waals surface area contributed by atoms with Gasteiger partial charge in [-0.1, -0.05) is 13.3 Å². The van der Waals surface area contributed by atoms with Crippen LogP contribution in [0.3, 0.4) is 0 Å². The van der Waals surface area contributed by atoms with Crippen LogP contribution in [0.1, 0.15) is 64.7 Å². The molecule has 7 atom stereocenters. The minimum atomic E-state index is -0.861. The fraction of sp³-hybridized carbons (Fsp3) is 0.731. The van der Waals surface area contributed by atoms with Gasteiger partial charge in [0.15, 0.2) is 11.6 Å². The van der Waals surface area contributed by atoms with E-state index in [9.17, 15) is 28.9 Å². The molecule has 3 rings (SSSR count). The van der Waals surface area contributed by atoms with Crippen LogP contribution in [0.5, 0.6) is 5.75 Å². The lowest BCUT2D eigenvalue weighted by Crippen LogP contribution is -2.25. The number of ether oxygens (including phenoxy) is 2. The lowest BCUT2D eigenvalue weighted by Gasteiger charge is -2.24. The van der Waals surface area contributed by atoms with Gasteiger partial charge in [-0.2, -0.15) is 0 Å². The number of hydrogen-bond donors (Lipinski definition) is 3. The molecule has 1 aromatic rings. The summed E-state index contributed by atoms with van der Waals surface area (Å²) in [6.07, 6.45) is 5.04. The Morgan fingerprint density at radius 2 is 2.00 bits per heavy atom. The Hall–Kier alpha value is -1.77. The second-order valence-electron chi connectivity index (χ2n) is 9.96. The Morgan fingerprint density at radius 1 is 1.21 bits per heavy atom. The highest BCUT2D eigenvalue weighted by atomic mass is 19.1. The SMILES string of the molecule is CCCC(CC[C@@H]1CC[C@@H]2[C@@H](CCC(O)COc3cc(F)ccc3F)[C@H](O)C[C@@H]2OC1)C(=O)O. The molecule has 1 aliphatic heterocycles. The third kappa shape index (κ3) is 7.36. The van der Waals surface area contributed by atoms with Crippen molar-refractivity contribution in [3.05, 3.63) is 29.8 Å². The molecule has 3 N–H and O–H groups in total. The van der Waals surface area contributed by atoms with E-state index in [0.29, 0.717) is 44.6 Å². The molecule has 0 bridgehead atoms. The predicted molar refractivity (Wildman–Crippen MR) is 122 cm³/mol. The van der Waals surface area contributed by atoms with E-state index >= 15 is 0 Å². The summed E-state index contributed by atoms with van der Waals surface area (Å²) in [6, 6.07) is 2.94. The molecule has 6 nitrogen and oxygen atoms in total. The van der Waals surface area contributed by atoms with Crippen molar-refractivity contribution in [1.82, 2.24) is 0 Å². The summed E-state index contributed by atoms with van der Waals surface area (Å²) >= 11 is 0. The summed E-state index contributed by atoms with van der Waals surface area (Å²) in [5.74, 6) is -2.03. The maximum Gasteiger partial charge on any atom is 0.306 e. The summed E-state index contributed by atoms with van der Waals surface area (Å²) in [5, 5.41) is 30.3. The van der Waals surface area contributed by atoms with Gasteiger partial charge in [-0.25, -0.2) is 8.78 Å². The summed E-state index contributed by atoms with van der Waals surface area (Å²) in [7, 11) is 0. The fourth-order valence-electron chi connectivity index (χ4n) is 5.56. The van der Waals surface area contributed by atoms with Gasteiger partial charge in [-0.15, -0.1) is 0 Å². The Morgan fingerprint density at radius 3 is 2.74 bits per heavy atom. The van der Waals surface area contributed by atoms with Gasteiger partial charge in [-0.3, -0.25) is 4.79 Å². The van der Waals surface area contributed by atoms with Crippen LogP contribution in [0.15, 0.2) is 18.2 Å². The Labute approximate surface area is 200 Å². The zero-order valence-corrected chi connectivity index (χ0v) is 19.9. The van der Waals surface area contributed by atoms with Crippen molar-refractivity contribution in [3.8, 4) is 5.75 Å². The number of aliphatic hydroxyl groups is 2. The molecule has 192 valence electrons. The molecule has 0 aromatic heterocycles. The van der Waals surface area contributed by atoms with Crippen LogP contribution in [-0.2, 0) is 9.53 Å². The molecule has 2 unspecified atom stereocenters. The number of aliphatic hydroxyl groups excluding tert-OH is 2. The third-order valence-electron chi connectivity index (χ3n) is 7.52. The van der Waals surface area contributed by atoms with Gasteiger partial charge >= 0.3 is 5.97 Å². The van der Waals surface area contributed by atoms with E-state index < -0.39 is 29.8 Å². The average Bonchev–Trinajstić information content (AvgIpc) is 2.96. The summed E-state index contributed by atoms with van der Waals surface area (Å²) in [4.78, 5) is 11.4. The van der Waals surface area contributed by atoms with Gasteiger partial charge in [0.25, 0.3) is 0 Å². The van der Waals surface area contributed by atoms with Crippen molar-refractivity contribution in [1.29, 1.82) is 0 Å². The van der Waals surface area contributed by atoms with Crippen molar-refractivity contribution in [2.45, 2.75) is 83.0 Å². The molecule has 0 radical (unpaired) electrons. The normalized spacial score (nSPS) is 28.7. The van der Waals surface area contributed by atoms with E-state index in [0.717, 1.165) is 43.9 Å². The number of carboxylic acid groups (broad SMARTS) is 1. The largest absolute Gasteiger partial charge is 0.488 e. The third-order valence-corrected chi connectivity index (χ3v) is 7.52. The van der Waals surface area contributed by atoms with Crippen LogP contribution >= 0.6 is 0 Å². The molecule has 34 heavy (non-hydrogen) atoms. The number of aliphatic carboxylic acids is 1. The molecule has 2 fully saturated rings. The summed E-state index contributed by atoms with van der Waals surface area (Å²) in [6.45, 7) is 2.44. The maximum atomic E-state index is 13.7. The van der Waals surface area contributed by atoms with E-state index in [1.807, 2.05) is 6.92 Å². The van der Waals surface area contributed by atoms with E-state index in [2.05, 4.69) is 0 Å². The quantitative estimate of drug-likeness (QED) is 0.403. The molecular weight excluding hydrogens is 446 g/mol. The van der Waals surface area contributed by atoms with Crippen LogP contribution < -0.4 is 4.74 Å². The van der Waals surface area contributed by atoms with Crippen molar-refractivity contribution < 1.29 is 38.4 Å². The molecule has 1 aliphatic carbocycles. The van der Waals surface area contributed by atoms with E-state index in [-0.39, 0.29) is 36.2 Å². The van der Waals surface area contributed by atoms with Gasteiger partial charge in [0.05, 0.1) is 24.2 Å². The Kier molecular flexibility index (Phi) is 10.1. The van der Waals surface area contributed by atoms with Crippen molar-refractivity contribution in [2.75, 3.05) is 13.2 Å². The number of halogens is 2. The zero-order chi connectivity index (χ0) is 24.7. The predicted octanol–water partition coefficient (Wildman–Crippen LogP) is 4.56. The Balaban J connectivity index is 1.46. The highest BCUT2D eigenvalue weighted by Crippen LogP contribution is 2.43. The monoisotopic (exact) mass is 484 g/mol. The second kappa shape index (κ2) is 12.8. The van der Waals surface area contributed by atoms with Crippen molar-refractivity contribution in [3.63, 3.8) is 0 Å². The molecular formula is C26H38F2O6. The number of rotatable bonds is 12. The smallest absolute Gasteiger partial charge is 0.306 e. The van der Waals surface area contributed by atoms with Crippen LogP contribution in [0.4, 0.5) is 8.78 Å². The molecule has 1 saturated carbocycles. The van der Waals surface area contributed by atoms with Gasteiger partial charge in [0, 0.05) is 19.1 Å². The van der Waals surface area contributed by atoms with E-state index in [4.69, 9.17) is 9.47 Å². The molecule has 0 spiro atoms. The van der Waals surface area contributed by atoms with E-state index in [1.165, 1.54) is 0 Å². The molecule has 8 heteroatoms. The number of carbonyl (C=O) groups is 1. The topological polar surface area (TPSA) is 96.2 Å². The lowest BCUT2D eigenvalue weighted by atomic mass is 9.83. The number of carboxylic acids is 1. The summed E-state index contributed by atoms with van der Waals surface area (Å²) < 4.78 is 38.4. The summed E-state index contributed by atoms with van der Waals surface area (Å²) in [5.41, 5.74) is 0. The molecule has 0 amide bonds. The first-order chi connectivity index (χ1) is 16.3. The molecule has 1 heterocycles. The van der Waals surface area contributed by atoms with Gasteiger partial charge in [-0.05, 0) is 74.8 Å². The number of hydrogen-bond acceptors (Lipinski definition) is 5. The van der Waals surface area contributed by atoms with Crippen LogP contribution in [0, 0.1) is 35.3 Å². The fourth-order valence-corrected chi connectivity index (χ4v) is 5.56. The van der Waals surface area contributed by atoms with Crippen LogP contribution in [0.25, 0.3) is 0 Å². The number of fused-ring (bicyclic) bond motifs is 1. The first-order valence-corrected chi connectivity index (χ1v) is 12.6. The Bertz CT molecular complexity index is 791. The van der Waals surface area contributed by atoms with E-state index in [1.54, 1.807) is 0 Å². The standard InChI is InChI=1S/C26H38F2O6/c1-2-3-17(26(31)32)6-4-16-5-9-21-20(23(30)13-24(21)33-14-16)10-8-19(29)15-34-25-12-18(27)7-11-22(25)28/h7,11-12,16-17,19-21,23-24,29-30H,2-6,8-10,13-15H2,1H3,(H,31,32)/t16-,17?,19?,20-,21-,23-,24+/m1/s1. The van der Waals surface area contributed by atoms with Crippen molar-refractivity contribution >= 4 is 5.97 Å². The highest BCUT2D eigenvalue weighted by molar-refractivity contribution is 5.69. The van der Waals surface area contributed by atoms with Crippen LogP contribution in [-0.4, -0.2) is 52.8 Å². The lowest BCUT2D eigenvalue weighted by molar-refractivity contribution is -0.142. The molecule has 2 aliphatic rings. The molecule has 1 aromatic carbocycles. The minimum absolute atomic E-state index is 0.00355. The number of benzene rings is 1. The first-order valence-electron chi connectivity index (χ1n) is 12.6. The first kappa shape index (κ1) is 26.8. The average molecular weight is 485 g/mol. The minimum Gasteiger partial charge on any atom is -0.488 e. The molecule has 1 saturated heterocycles. The maximum absolute atomic E-state index is 13.7. The van der Waals surface area contributed by atoms with Gasteiger partial charge in [0.1, 0.15) is 12.4 Å².